The summed E-state index contributed by atoms with van der Waals surface area (Å²) in [6, 6.07) is 0. The van der Waals surface area contributed by atoms with Gasteiger partial charge in [0, 0.05) is 13.1 Å². The number of hydrogen-bond acceptors (Lipinski definition) is 3. The molecule has 0 aliphatic rings. The minimum atomic E-state index is -2.58. The predicted molar refractivity (Wildman–Crippen MR) is 52.9 cm³/mol. The fourth-order valence-electron chi connectivity index (χ4n) is 0.906. The van der Waals surface area contributed by atoms with Crippen LogP contribution in [0, 0.1) is 0 Å². The SMILES string of the molecule is CC(C)(C)OC(=O)N(CCN)CC(F)F. The van der Waals surface area contributed by atoms with Crippen molar-refractivity contribution in [3.05, 3.63) is 0 Å². The number of amides is 1. The van der Waals surface area contributed by atoms with Crippen LogP contribution in [0.2, 0.25) is 0 Å². The van der Waals surface area contributed by atoms with Gasteiger partial charge >= 0.3 is 6.09 Å². The first-order valence-electron chi connectivity index (χ1n) is 4.72. The number of ether oxygens (including phenoxy) is 1. The van der Waals surface area contributed by atoms with Crippen LogP contribution in [0.1, 0.15) is 20.8 Å². The Balaban J connectivity index is 4.28. The van der Waals surface area contributed by atoms with Crippen LogP contribution in [0.4, 0.5) is 13.6 Å². The lowest BCUT2D eigenvalue weighted by molar-refractivity contribution is 0.0110. The third-order valence-electron chi connectivity index (χ3n) is 1.41. The molecule has 0 aromatic carbocycles. The zero-order valence-electron chi connectivity index (χ0n) is 9.30. The van der Waals surface area contributed by atoms with E-state index in [2.05, 4.69) is 0 Å². The summed E-state index contributed by atoms with van der Waals surface area (Å²) in [5.74, 6) is 0. The van der Waals surface area contributed by atoms with E-state index in [-0.39, 0.29) is 13.1 Å². The summed E-state index contributed by atoms with van der Waals surface area (Å²) in [6.07, 6.45) is -3.34. The average molecular weight is 224 g/mol. The summed E-state index contributed by atoms with van der Waals surface area (Å²) in [4.78, 5) is 12.3. The molecule has 0 radical (unpaired) electrons. The van der Waals surface area contributed by atoms with Gasteiger partial charge < -0.3 is 15.4 Å². The van der Waals surface area contributed by atoms with Crippen LogP contribution in [0.25, 0.3) is 0 Å². The summed E-state index contributed by atoms with van der Waals surface area (Å²) in [5, 5.41) is 0. The lowest BCUT2D eigenvalue weighted by Gasteiger charge is -2.26. The van der Waals surface area contributed by atoms with Gasteiger partial charge in [-0.1, -0.05) is 0 Å². The van der Waals surface area contributed by atoms with E-state index in [1.54, 1.807) is 20.8 Å². The lowest BCUT2D eigenvalue weighted by atomic mass is 10.2. The van der Waals surface area contributed by atoms with Crippen molar-refractivity contribution < 1.29 is 18.3 Å². The molecule has 0 aromatic heterocycles. The lowest BCUT2D eigenvalue weighted by Crippen LogP contribution is -2.41. The van der Waals surface area contributed by atoms with Gasteiger partial charge in [0.1, 0.15) is 5.60 Å². The Kier molecular flexibility index (Phi) is 5.49. The molecule has 0 spiro atoms. The van der Waals surface area contributed by atoms with E-state index in [1.807, 2.05) is 0 Å². The van der Waals surface area contributed by atoms with E-state index >= 15 is 0 Å². The molecular formula is C9H18F2N2O2. The number of nitrogens with two attached hydrogens (primary N) is 1. The fourth-order valence-corrected chi connectivity index (χ4v) is 0.906. The molecule has 1 amide bonds. The van der Waals surface area contributed by atoms with E-state index in [1.165, 1.54) is 0 Å². The minimum Gasteiger partial charge on any atom is -0.444 e. The molecule has 0 heterocycles. The number of nitrogens with zero attached hydrogens (tertiary/aromatic N) is 1. The third-order valence-corrected chi connectivity index (χ3v) is 1.41. The largest absolute Gasteiger partial charge is 0.444 e. The van der Waals surface area contributed by atoms with Crippen molar-refractivity contribution in [3.8, 4) is 0 Å². The maximum atomic E-state index is 12.1. The second kappa shape index (κ2) is 5.85. The van der Waals surface area contributed by atoms with E-state index in [0.29, 0.717) is 0 Å². The van der Waals surface area contributed by atoms with Gasteiger partial charge in [-0.2, -0.15) is 0 Å². The first-order valence-corrected chi connectivity index (χ1v) is 4.72. The third kappa shape index (κ3) is 7.07. The summed E-state index contributed by atoms with van der Waals surface area (Å²) in [5.41, 5.74) is 4.52. The van der Waals surface area contributed by atoms with Crippen LogP contribution in [0.5, 0.6) is 0 Å². The highest BCUT2D eigenvalue weighted by Gasteiger charge is 2.23. The molecule has 0 aliphatic carbocycles. The van der Waals surface area contributed by atoms with Crippen molar-refractivity contribution in [2.24, 2.45) is 5.73 Å². The standard InChI is InChI=1S/C9H18F2N2O2/c1-9(2,3)15-8(14)13(5-4-12)6-7(10)11/h7H,4-6,12H2,1-3H3. The summed E-state index contributed by atoms with van der Waals surface area (Å²) >= 11 is 0. The van der Waals surface area contributed by atoms with E-state index in [4.69, 9.17) is 10.5 Å². The molecule has 0 aliphatic heterocycles. The first-order chi connectivity index (χ1) is 6.76. The molecule has 0 saturated heterocycles. The molecular weight excluding hydrogens is 206 g/mol. The van der Waals surface area contributed by atoms with Gasteiger partial charge in [0.25, 0.3) is 6.43 Å². The Labute approximate surface area is 88.4 Å². The van der Waals surface area contributed by atoms with Gasteiger partial charge in [-0.3, -0.25) is 0 Å². The van der Waals surface area contributed by atoms with Gasteiger partial charge in [-0.05, 0) is 20.8 Å². The van der Waals surface area contributed by atoms with Gasteiger partial charge in [0.15, 0.2) is 0 Å². The molecule has 0 aromatic rings. The second-order valence-electron chi connectivity index (χ2n) is 4.11. The number of halogens is 2. The highest BCUT2D eigenvalue weighted by molar-refractivity contribution is 5.68. The molecule has 15 heavy (non-hydrogen) atoms. The zero-order chi connectivity index (χ0) is 12.1. The Hall–Kier alpha value is -0.910. The quantitative estimate of drug-likeness (QED) is 0.786. The van der Waals surface area contributed by atoms with Gasteiger partial charge in [0.2, 0.25) is 0 Å². The van der Waals surface area contributed by atoms with Crippen molar-refractivity contribution >= 4 is 6.09 Å². The molecule has 0 saturated carbocycles. The molecule has 6 heteroatoms. The van der Waals surface area contributed by atoms with Crippen LogP contribution in [0.3, 0.4) is 0 Å². The van der Waals surface area contributed by atoms with Crippen LogP contribution in [-0.4, -0.2) is 42.7 Å². The second-order valence-corrected chi connectivity index (χ2v) is 4.11. The van der Waals surface area contributed by atoms with Crippen LogP contribution >= 0.6 is 0 Å². The normalized spacial score (nSPS) is 11.7. The molecule has 4 nitrogen and oxygen atoms in total. The first kappa shape index (κ1) is 14.1. The highest BCUT2D eigenvalue weighted by atomic mass is 19.3. The summed E-state index contributed by atoms with van der Waals surface area (Å²) in [6.45, 7) is 4.58. The Morgan fingerprint density at radius 1 is 1.47 bits per heavy atom. The van der Waals surface area contributed by atoms with Crippen LogP contribution < -0.4 is 5.73 Å². The number of rotatable bonds is 4. The van der Waals surface area contributed by atoms with Gasteiger partial charge in [0.05, 0.1) is 6.54 Å². The average Bonchev–Trinajstić information content (AvgIpc) is 1.99. The van der Waals surface area contributed by atoms with Crippen molar-refractivity contribution in [1.29, 1.82) is 0 Å². The Morgan fingerprint density at radius 2 is 2.00 bits per heavy atom. The minimum absolute atomic E-state index is 0.0687. The molecule has 2 N–H and O–H groups in total. The van der Waals surface area contributed by atoms with Gasteiger partial charge in [-0.25, -0.2) is 13.6 Å². The van der Waals surface area contributed by atoms with Crippen LogP contribution in [0.15, 0.2) is 0 Å². The van der Waals surface area contributed by atoms with Crippen molar-refractivity contribution in [1.82, 2.24) is 4.90 Å². The number of alkyl halides is 2. The fraction of sp³-hybridized carbons (Fsp3) is 0.889. The number of carbonyl (C=O) groups is 1. The smallest absolute Gasteiger partial charge is 0.410 e. The van der Waals surface area contributed by atoms with Crippen molar-refractivity contribution in [2.75, 3.05) is 19.6 Å². The van der Waals surface area contributed by atoms with Gasteiger partial charge in [-0.15, -0.1) is 0 Å². The number of hydrogen-bond donors (Lipinski definition) is 1. The van der Waals surface area contributed by atoms with Crippen LogP contribution in [-0.2, 0) is 4.74 Å². The topological polar surface area (TPSA) is 55.6 Å². The molecule has 0 bridgehead atoms. The summed E-state index contributed by atoms with van der Waals surface area (Å²) < 4.78 is 29.2. The van der Waals surface area contributed by atoms with E-state index in [0.717, 1.165) is 4.90 Å². The van der Waals surface area contributed by atoms with E-state index < -0.39 is 24.7 Å². The Bertz CT molecular complexity index is 205. The highest BCUT2D eigenvalue weighted by Crippen LogP contribution is 2.10. The Morgan fingerprint density at radius 3 is 2.33 bits per heavy atom. The maximum Gasteiger partial charge on any atom is 0.410 e. The molecule has 0 rings (SSSR count). The molecule has 0 fully saturated rings. The molecule has 0 atom stereocenters. The monoisotopic (exact) mass is 224 g/mol. The molecule has 90 valence electrons. The summed E-state index contributed by atoms with van der Waals surface area (Å²) in [7, 11) is 0. The zero-order valence-corrected chi connectivity index (χ0v) is 9.30. The predicted octanol–water partition coefficient (Wildman–Crippen LogP) is 1.45. The van der Waals surface area contributed by atoms with Crippen molar-refractivity contribution in [3.63, 3.8) is 0 Å². The maximum absolute atomic E-state index is 12.1. The van der Waals surface area contributed by atoms with E-state index in [9.17, 15) is 13.6 Å². The number of carbonyl (C=O) groups excluding carboxylic acids is 1. The molecule has 0 unspecified atom stereocenters. The van der Waals surface area contributed by atoms with Crippen molar-refractivity contribution in [2.45, 2.75) is 32.8 Å².